The molecule has 0 fully saturated rings. The summed E-state index contributed by atoms with van der Waals surface area (Å²) in [5, 5.41) is 3.37. The summed E-state index contributed by atoms with van der Waals surface area (Å²) in [6.45, 7) is 4.91. The van der Waals surface area contributed by atoms with Crippen LogP contribution in [0.25, 0.3) is 0 Å². The fourth-order valence-corrected chi connectivity index (χ4v) is 1.84. The van der Waals surface area contributed by atoms with Gasteiger partial charge in [-0.05, 0) is 38.8 Å². The predicted octanol–water partition coefficient (Wildman–Crippen LogP) is 2.84. The van der Waals surface area contributed by atoms with Crippen molar-refractivity contribution in [1.29, 1.82) is 0 Å². The molecule has 4 nitrogen and oxygen atoms in total. The highest BCUT2D eigenvalue weighted by molar-refractivity contribution is 5.68. The lowest BCUT2D eigenvalue weighted by molar-refractivity contribution is -0.140. The van der Waals surface area contributed by atoms with Gasteiger partial charge in [0.15, 0.2) is 0 Å². The Labute approximate surface area is 109 Å². The van der Waals surface area contributed by atoms with Gasteiger partial charge in [0.05, 0.1) is 7.11 Å². The lowest BCUT2D eigenvalue weighted by atomic mass is 10.2. The van der Waals surface area contributed by atoms with Gasteiger partial charge in [0.1, 0.15) is 0 Å². The SMILES string of the molecule is COC(=O)CCCCCNc1cc(C)nc(C)c1. The highest BCUT2D eigenvalue weighted by Gasteiger charge is 1.99. The van der Waals surface area contributed by atoms with Gasteiger partial charge in [-0.3, -0.25) is 9.78 Å². The molecule has 0 spiro atoms. The normalized spacial score (nSPS) is 10.2. The van der Waals surface area contributed by atoms with E-state index < -0.39 is 0 Å². The Morgan fingerprint density at radius 1 is 1.22 bits per heavy atom. The van der Waals surface area contributed by atoms with Gasteiger partial charge in [-0.2, -0.15) is 0 Å². The number of rotatable bonds is 7. The van der Waals surface area contributed by atoms with Crippen molar-refractivity contribution in [2.45, 2.75) is 39.5 Å². The molecule has 0 aliphatic rings. The minimum absolute atomic E-state index is 0.122. The van der Waals surface area contributed by atoms with Gasteiger partial charge in [0.2, 0.25) is 0 Å². The zero-order valence-electron chi connectivity index (χ0n) is 11.5. The Balaban J connectivity index is 2.16. The van der Waals surface area contributed by atoms with E-state index in [9.17, 15) is 4.79 Å². The van der Waals surface area contributed by atoms with E-state index in [4.69, 9.17) is 0 Å². The molecule has 0 aliphatic carbocycles. The first-order valence-electron chi connectivity index (χ1n) is 6.38. The maximum Gasteiger partial charge on any atom is 0.305 e. The topological polar surface area (TPSA) is 51.2 Å². The number of unbranched alkanes of at least 4 members (excludes halogenated alkanes) is 2. The van der Waals surface area contributed by atoms with Gasteiger partial charge < -0.3 is 10.1 Å². The van der Waals surface area contributed by atoms with Gasteiger partial charge in [-0.1, -0.05) is 6.42 Å². The van der Waals surface area contributed by atoms with Crippen LogP contribution in [-0.2, 0) is 9.53 Å². The number of nitrogens with zero attached hydrogens (tertiary/aromatic N) is 1. The second kappa shape index (κ2) is 7.69. The molecule has 1 aromatic rings. The maximum absolute atomic E-state index is 10.9. The fraction of sp³-hybridized carbons (Fsp3) is 0.571. The Hall–Kier alpha value is -1.58. The van der Waals surface area contributed by atoms with E-state index in [2.05, 4.69) is 15.0 Å². The van der Waals surface area contributed by atoms with Crippen LogP contribution in [0.4, 0.5) is 5.69 Å². The van der Waals surface area contributed by atoms with Crippen LogP contribution in [0, 0.1) is 13.8 Å². The molecular weight excluding hydrogens is 228 g/mol. The summed E-state index contributed by atoms with van der Waals surface area (Å²) < 4.78 is 4.59. The largest absolute Gasteiger partial charge is 0.469 e. The summed E-state index contributed by atoms with van der Waals surface area (Å²) in [5.74, 6) is -0.122. The van der Waals surface area contributed by atoms with Crippen molar-refractivity contribution < 1.29 is 9.53 Å². The molecule has 4 heteroatoms. The maximum atomic E-state index is 10.9. The van der Waals surface area contributed by atoms with Gasteiger partial charge in [-0.25, -0.2) is 0 Å². The third kappa shape index (κ3) is 5.66. The zero-order chi connectivity index (χ0) is 13.4. The molecule has 100 valence electrons. The molecule has 0 aromatic carbocycles. The predicted molar refractivity (Wildman–Crippen MR) is 72.7 cm³/mol. The Kier molecular flexibility index (Phi) is 6.19. The van der Waals surface area contributed by atoms with Crippen molar-refractivity contribution in [2.24, 2.45) is 0 Å². The number of methoxy groups -OCH3 is 1. The highest BCUT2D eigenvalue weighted by Crippen LogP contribution is 2.11. The van der Waals surface area contributed by atoms with Crippen LogP contribution in [0.5, 0.6) is 0 Å². The molecule has 0 atom stereocenters. The number of aromatic nitrogens is 1. The van der Waals surface area contributed by atoms with Gasteiger partial charge in [0.25, 0.3) is 0 Å². The molecular formula is C14H22N2O2. The summed E-state index contributed by atoms with van der Waals surface area (Å²) in [4.78, 5) is 15.2. The van der Waals surface area contributed by atoms with E-state index in [0.717, 1.165) is 42.9 Å². The van der Waals surface area contributed by atoms with E-state index in [1.807, 2.05) is 26.0 Å². The standard InChI is InChI=1S/C14H22N2O2/c1-11-9-13(10-12(2)16-11)15-8-6-4-5-7-14(17)18-3/h9-10H,4-8H2,1-3H3,(H,15,16). The van der Waals surface area contributed by atoms with E-state index >= 15 is 0 Å². The Morgan fingerprint density at radius 2 is 1.89 bits per heavy atom. The first kappa shape index (κ1) is 14.5. The number of nitrogens with one attached hydrogen (secondary N) is 1. The Morgan fingerprint density at radius 3 is 2.50 bits per heavy atom. The van der Waals surface area contributed by atoms with Crippen LogP contribution >= 0.6 is 0 Å². The monoisotopic (exact) mass is 250 g/mol. The number of hydrogen-bond acceptors (Lipinski definition) is 4. The second-order valence-corrected chi connectivity index (χ2v) is 4.45. The van der Waals surface area contributed by atoms with E-state index in [1.54, 1.807) is 0 Å². The smallest absolute Gasteiger partial charge is 0.305 e. The van der Waals surface area contributed by atoms with E-state index in [0.29, 0.717) is 6.42 Å². The number of esters is 1. The fourth-order valence-electron chi connectivity index (χ4n) is 1.84. The molecule has 18 heavy (non-hydrogen) atoms. The van der Waals surface area contributed by atoms with Crippen LogP contribution in [-0.4, -0.2) is 24.6 Å². The van der Waals surface area contributed by atoms with Gasteiger partial charge in [0, 0.05) is 30.0 Å². The number of pyridine rings is 1. The minimum Gasteiger partial charge on any atom is -0.469 e. The van der Waals surface area contributed by atoms with Gasteiger partial charge >= 0.3 is 5.97 Å². The molecule has 0 saturated carbocycles. The van der Waals surface area contributed by atoms with E-state index in [1.165, 1.54) is 7.11 Å². The molecule has 0 bridgehead atoms. The molecule has 0 saturated heterocycles. The van der Waals surface area contributed by atoms with Crippen LogP contribution < -0.4 is 5.32 Å². The van der Waals surface area contributed by atoms with Crippen molar-refractivity contribution in [3.05, 3.63) is 23.5 Å². The first-order valence-corrected chi connectivity index (χ1v) is 6.38. The van der Waals surface area contributed by atoms with Crippen LogP contribution in [0.15, 0.2) is 12.1 Å². The third-order valence-corrected chi connectivity index (χ3v) is 2.70. The summed E-state index contributed by atoms with van der Waals surface area (Å²) in [6, 6.07) is 4.09. The minimum atomic E-state index is -0.122. The third-order valence-electron chi connectivity index (χ3n) is 2.70. The molecule has 1 N–H and O–H groups in total. The van der Waals surface area contributed by atoms with Crippen molar-refractivity contribution >= 4 is 11.7 Å². The van der Waals surface area contributed by atoms with Crippen LogP contribution in [0.1, 0.15) is 37.1 Å². The number of aryl methyl sites for hydroxylation is 2. The number of ether oxygens (including phenoxy) is 1. The summed E-state index contributed by atoms with van der Waals surface area (Å²) in [5.41, 5.74) is 3.18. The lowest BCUT2D eigenvalue weighted by Gasteiger charge is -2.07. The van der Waals surface area contributed by atoms with Crippen molar-refractivity contribution in [1.82, 2.24) is 4.98 Å². The molecule has 1 aromatic heterocycles. The van der Waals surface area contributed by atoms with Gasteiger partial charge in [-0.15, -0.1) is 0 Å². The lowest BCUT2D eigenvalue weighted by Crippen LogP contribution is -2.04. The van der Waals surface area contributed by atoms with Crippen LogP contribution in [0.3, 0.4) is 0 Å². The van der Waals surface area contributed by atoms with Crippen molar-refractivity contribution in [3.63, 3.8) is 0 Å². The van der Waals surface area contributed by atoms with Crippen LogP contribution in [0.2, 0.25) is 0 Å². The second-order valence-electron chi connectivity index (χ2n) is 4.45. The summed E-state index contributed by atoms with van der Waals surface area (Å²) in [7, 11) is 1.43. The molecule has 0 radical (unpaired) electrons. The van der Waals surface area contributed by atoms with Crippen molar-refractivity contribution in [3.8, 4) is 0 Å². The van der Waals surface area contributed by atoms with Crippen molar-refractivity contribution in [2.75, 3.05) is 19.0 Å². The number of hydrogen-bond donors (Lipinski definition) is 1. The summed E-state index contributed by atoms with van der Waals surface area (Å²) >= 11 is 0. The Bertz CT molecular complexity index is 371. The number of carbonyl (C=O) groups is 1. The molecule has 0 amide bonds. The average Bonchev–Trinajstić information content (AvgIpc) is 2.32. The first-order chi connectivity index (χ1) is 8.61. The quantitative estimate of drug-likeness (QED) is 0.597. The van der Waals surface area contributed by atoms with E-state index in [-0.39, 0.29) is 5.97 Å². The molecule has 1 rings (SSSR count). The molecule has 0 unspecified atom stereocenters. The summed E-state index contributed by atoms with van der Waals surface area (Å²) in [6.07, 6.45) is 3.50. The molecule has 1 heterocycles. The zero-order valence-corrected chi connectivity index (χ0v) is 11.5. The molecule has 0 aliphatic heterocycles. The average molecular weight is 250 g/mol. The highest BCUT2D eigenvalue weighted by atomic mass is 16.5. The number of anilines is 1. The number of carbonyl (C=O) groups excluding carboxylic acids is 1.